The molecule has 0 atom stereocenters. The Morgan fingerprint density at radius 1 is 1.13 bits per heavy atom. The third kappa shape index (κ3) is 4.06. The van der Waals surface area contributed by atoms with E-state index in [9.17, 15) is 14.8 Å². The number of carbonyl (C=O) groups excluding carboxylic acids is 2. The standard InChI is InChI=1S/C16H14NO6/c1-22-15-8-7-12(9-13(15)17(20)21)14(18)10-23-16(19)11-5-3-2-4-6-11/h2-9,20H,10H2,1H3/q-1. The number of carbonyl (C=O) groups is 2. The van der Waals surface area contributed by atoms with Gasteiger partial charge in [0.1, 0.15) is 5.75 Å². The summed E-state index contributed by atoms with van der Waals surface area (Å²) in [6.45, 7) is -0.482. The molecule has 0 unspecified atom stereocenters. The molecule has 0 aromatic heterocycles. The van der Waals surface area contributed by atoms with Gasteiger partial charge in [-0.25, -0.2) is 4.79 Å². The molecule has 0 saturated carbocycles. The van der Waals surface area contributed by atoms with Crippen LogP contribution in [0.5, 0.6) is 5.75 Å². The molecule has 0 saturated heterocycles. The highest BCUT2D eigenvalue weighted by molar-refractivity contribution is 6.00. The maximum atomic E-state index is 12.0. The predicted molar refractivity (Wildman–Crippen MR) is 81.7 cm³/mol. The number of esters is 1. The van der Waals surface area contributed by atoms with Crippen molar-refractivity contribution in [3.63, 3.8) is 0 Å². The van der Waals surface area contributed by atoms with Crippen LogP contribution < -0.4 is 9.96 Å². The van der Waals surface area contributed by atoms with E-state index in [2.05, 4.69) is 0 Å². The normalized spacial score (nSPS) is 10.0. The third-order valence-electron chi connectivity index (χ3n) is 3.05. The van der Waals surface area contributed by atoms with Crippen molar-refractivity contribution >= 4 is 17.4 Å². The molecule has 1 N–H and O–H groups in total. The van der Waals surface area contributed by atoms with Gasteiger partial charge in [-0.1, -0.05) is 18.2 Å². The Morgan fingerprint density at radius 3 is 2.43 bits per heavy atom. The second-order valence-corrected chi connectivity index (χ2v) is 4.52. The molecule has 7 nitrogen and oxygen atoms in total. The van der Waals surface area contributed by atoms with Gasteiger partial charge in [0, 0.05) is 5.56 Å². The van der Waals surface area contributed by atoms with Crippen molar-refractivity contribution in [2.45, 2.75) is 0 Å². The number of benzene rings is 2. The number of Topliss-reactive ketones (excluding diaryl/α,β-unsaturated/α-hetero) is 1. The van der Waals surface area contributed by atoms with Gasteiger partial charge in [0.05, 0.1) is 18.4 Å². The molecule has 0 bridgehead atoms. The van der Waals surface area contributed by atoms with Gasteiger partial charge in [-0.05, 0) is 30.3 Å². The van der Waals surface area contributed by atoms with Crippen LogP contribution in [-0.2, 0) is 4.74 Å². The largest absolute Gasteiger partial charge is 0.733 e. The van der Waals surface area contributed by atoms with Gasteiger partial charge in [-0.3, -0.25) is 10.0 Å². The van der Waals surface area contributed by atoms with E-state index < -0.39 is 23.6 Å². The molecule has 0 aliphatic carbocycles. The fourth-order valence-electron chi connectivity index (χ4n) is 1.88. The van der Waals surface area contributed by atoms with E-state index in [0.29, 0.717) is 5.56 Å². The van der Waals surface area contributed by atoms with Crippen LogP contribution in [0.15, 0.2) is 48.5 Å². The summed E-state index contributed by atoms with van der Waals surface area (Å²) in [6, 6.07) is 12.2. The third-order valence-corrected chi connectivity index (χ3v) is 3.05. The van der Waals surface area contributed by atoms with Crippen LogP contribution in [0, 0.1) is 5.21 Å². The molecule has 0 heterocycles. The van der Waals surface area contributed by atoms with Gasteiger partial charge in [-0.15, -0.1) is 0 Å². The number of methoxy groups -OCH3 is 1. The van der Waals surface area contributed by atoms with E-state index in [0.717, 1.165) is 6.07 Å². The topological polar surface area (TPSA) is 99.1 Å². The number of rotatable bonds is 6. The zero-order valence-corrected chi connectivity index (χ0v) is 12.3. The second kappa shape index (κ2) is 7.39. The molecule has 0 fully saturated rings. The van der Waals surface area contributed by atoms with Gasteiger partial charge < -0.3 is 19.9 Å². The Balaban J connectivity index is 2.06. The van der Waals surface area contributed by atoms with E-state index in [4.69, 9.17) is 14.7 Å². The molecule has 7 heteroatoms. The minimum absolute atomic E-state index is 0.108. The molecule has 2 aromatic rings. The lowest BCUT2D eigenvalue weighted by molar-refractivity contribution is 0.0474. The minimum Gasteiger partial charge on any atom is -0.733 e. The summed E-state index contributed by atoms with van der Waals surface area (Å²) >= 11 is 0. The predicted octanol–water partition coefficient (Wildman–Crippen LogP) is 2.43. The zero-order chi connectivity index (χ0) is 16.8. The minimum atomic E-state index is -0.625. The molecule has 0 radical (unpaired) electrons. The Morgan fingerprint density at radius 2 is 1.83 bits per heavy atom. The van der Waals surface area contributed by atoms with Crippen LogP contribution in [0.25, 0.3) is 0 Å². The van der Waals surface area contributed by atoms with E-state index in [1.54, 1.807) is 30.3 Å². The molecule has 0 aliphatic rings. The Hall–Kier alpha value is -2.90. The maximum Gasteiger partial charge on any atom is 0.338 e. The van der Waals surface area contributed by atoms with Crippen LogP contribution in [-0.4, -0.2) is 30.7 Å². The highest BCUT2D eigenvalue weighted by Gasteiger charge is 2.14. The summed E-state index contributed by atoms with van der Waals surface area (Å²) in [5.41, 5.74) is 0.223. The van der Waals surface area contributed by atoms with Gasteiger partial charge >= 0.3 is 5.97 Å². The summed E-state index contributed by atoms with van der Waals surface area (Å²) < 4.78 is 9.83. The SMILES string of the molecule is COc1ccc(C(=O)COC(=O)c2ccccc2)cc1N([O-])O. The number of hydrogen-bond acceptors (Lipinski definition) is 7. The molecule has 2 aromatic carbocycles. The van der Waals surface area contributed by atoms with Crippen molar-refractivity contribution in [3.05, 3.63) is 64.9 Å². The molecule has 120 valence electrons. The lowest BCUT2D eigenvalue weighted by atomic mass is 10.1. The number of ketones is 1. The van der Waals surface area contributed by atoms with Crippen LogP contribution in [0.4, 0.5) is 5.69 Å². The van der Waals surface area contributed by atoms with Crippen molar-refractivity contribution in [1.82, 2.24) is 0 Å². The summed E-state index contributed by atoms with van der Waals surface area (Å²) in [7, 11) is 1.32. The number of ether oxygens (including phenoxy) is 2. The highest BCUT2D eigenvalue weighted by Crippen LogP contribution is 2.28. The molecule has 23 heavy (non-hydrogen) atoms. The van der Waals surface area contributed by atoms with Crippen molar-refractivity contribution in [2.75, 3.05) is 18.9 Å². The number of nitrogens with zero attached hydrogens (tertiary/aromatic N) is 1. The Labute approximate surface area is 132 Å². The van der Waals surface area contributed by atoms with Gasteiger partial charge in [0.2, 0.25) is 0 Å². The van der Waals surface area contributed by atoms with Gasteiger partial charge in [-0.2, -0.15) is 0 Å². The molecule has 0 amide bonds. The summed E-state index contributed by atoms with van der Waals surface area (Å²) in [4.78, 5) is 23.8. The van der Waals surface area contributed by atoms with Crippen molar-refractivity contribution in [2.24, 2.45) is 0 Å². The second-order valence-electron chi connectivity index (χ2n) is 4.52. The van der Waals surface area contributed by atoms with Gasteiger partial charge in [0.25, 0.3) is 0 Å². The van der Waals surface area contributed by atoms with E-state index in [1.807, 2.05) is 0 Å². The Kier molecular flexibility index (Phi) is 5.29. The van der Waals surface area contributed by atoms with Crippen LogP contribution in [0.1, 0.15) is 20.7 Å². The smallest absolute Gasteiger partial charge is 0.338 e. The Bertz CT molecular complexity index is 699. The van der Waals surface area contributed by atoms with Crippen molar-refractivity contribution < 1.29 is 24.3 Å². The molecular weight excluding hydrogens is 302 g/mol. The van der Waals surface area contributed by atoms with Crippen LogP contribution >= 0.6 is 0 Å². The first-order valence-electron chi connectivity index (χ1n) is 6.62. The first-order chi connectivity index (χ1) is 11.0. The lowest BCUT2D eigenvalue weighted by Crippen LogP contribution is -2.15. The first-order valence-corrected chi connectivity index (χ1v) is 6.62. The van der Waals surface area contributed by atoms with Gasteiger partial charge in [0.15, 0.2) is 12.4 Å². The van der Waals surface area contributed by atoms with E-state index in [1.165, 1.54) is 19.2 Å². The first kappa shape index (κ1) is 16.5. The van der Waals surface area contributed by atoms with E-state index in [-0.39, 0.29) is 17.0 Å². The van der Waals surface area contributed by atoms with Crippen molar-refractivity contribution in [1.29, 1.82) is 0 Å². The molecular formula is C16H14NO6-. The quantitative estimate of drug-likeness (QED) is 0.496. The van der Waals surface area contributed by atoms with Crippen LogP contribution in [0.3, 0.4) is 0 Å². The highest BCUT2D eigenvalue weighted by atomic mass is 16.8. The lowest BCUT2D eigenvalue weighted by Gasteiger charge is -2.24. The average Bonchev–Trinajstić information content (AvgIpc) is 2.59. The average molecular weight is 316 g/mol. The number of anilines is 1. The number of hydrogen-bond donors (Lipinski definition) is 1. The van der Waals surface area contributed by atoms with Crippen molar-refractivity contribution in [3.8, 4) is 5.75 Å². The zero-order valence-electron chi connectivity index (χ0n) is 12.3. The molecule has 2 rings (SSSR count). The maximum absolute atomic E-state index is 12.0. The fourth-order valence-corrected chi connectivity index (χ4v) is 1.88. The summed E-state index contributed by atoms with van der Waals surface area (Å²) in [6.07, 6.45) is 0. The summed E-state index contributed by atoms with van der Waals surface area (Å²) in [5, 5.41) is 19.7. The van der Waals surface area contributed by atoms with E-state index >= 15 is 0 Å². The van der Waals surface area contributed by atoms with Crippen LogP contribution in [0.2, 0.25) is 0 Å². The monoisotopic (exact) mass is 316 g/mol. The molecule has 0 aliphatic heterocycles. The fraction of sp³-hybridized carbons (Fsp3) is 0.125. The molecule has 0 spiro atoms. The summed E-state index contributed by atoms with van der Waals surface area (Å²) in [5.74, 6) is -1.03.